The van der Waals surface area contributed by atoms with Gasteiger partial charge >= 0.3 is 0 Å². The summed E-state index contributed by atoms with van der Waals surface area (Å²) < 4.78 is 12.6. The molecule has 0 bridgehead atoms. The van der Waals surface area contributed by atoms with Gasteiger partial charge in [0.15, 0.2) is 0 Å². The van der Waals surface area contributed by atoms with Crippen molar-refractivity contribution in [3.8, 4) is 0 Å². The second-order valence-corrected chi connectivity index (χ2v) is 4.86. The molecule has 1 aromatic carbocycles. The Morgan fingerprint density at radius 3 is 2.70 bits per heavy atom. The lowest BCUT2D eigenvalue weighted by molar-refractivity contribution is 0.190. The van der Waals surface area contributed by atoms with E-state index in [0.29, 0.717) is 0 Å². The molecule has 1 heterocycles. The zero-order chi connectivity index (χ0) is 14.2. The lowest BCUT2D eigenvalue weighted by Crippen LogP contribution is -2.20. The van der Waals surface area contributed by atoms with Crippen LogP contribution in [0.4, 0.5) is 0 Å². The first kappa shape index (κ1) is 15.0. The van der Waals surface area contributed by atoms with Crippen LogP contribution in [0.1, 0.15) is 12.1 Å². The highest BCUT2D eigenvalue weighted by Crippen LogP contribution is 2.20. The maximum absolute atomic E-state index is 5.16. The van der Waals surface area contributed by atoms with E-state index in [-0.39, 0.29) is 0 Å². The minimum Gasteiger partial charge on any atom is -0.385 e. The molecule has 0 aliphatic heterocycles. The molecule has 0 aliphatic rings. The van der Waals surface area contributed by atoms with Crippen LogP contribution >= 0.6 is 0 Å². The Morgan fingerprint density at radius 2 is 1.90 bits per heavy atom. The number of hydrogen-bond acceptors (Lipinski definition) is 3. The SMILES string of the molecule is COCCCn1c(CNCCOC)cc2ccccc21. The molecule has 2 aromatic rings. The van der Waals surface area contributed by atoms with Gasteiger partial charge in [-0.15, -0.1) is 0 Å². The van der Waals surface area contributed by atoms with Crippen LogP contribution in [-0.4, -0.2) is 38.5 Å². The molecular weight excluding hydrogens is 252 g/mol. The fourth-order valence-electron chi connectivity index (χ4n) is 2.44. The average molecular weight is 276 g/mol. The van der Waals surface area contributed by atoms with Crippen LogP contribution in [0.5, 0.6) is 0 Å². The highest BCUT2D eigenvalue weighted by Gasteiger charge is 2.07. The van der Waals surface area contributed by atoms with E-state index in [0.717, 1.165) is 39.3 Å². The van der Waals surface area contributed by atoms with Gasteiger partial charge in [0.05, 0.1) is 6.61 Å². The van der Waals surface area contributed by atoms with Gasteiger partial charge in [0.1, 0.15) is 0 Å². The second kappa shape index (κ2) is 8.04. The minimum atomic E-state index is 0.740. The number of benzene rings is 1. The van der Waals surface area contributed by atoms with Crippen LogP contribution in [0.25, 0.3) is 10.9 Å². The van der Waals surface area contributed by atoms with Crippen LogP contribution in [-0.2, 0) is 22.6 Å². The summed E-state index contributed by atoms with van der Waals surface area (Å²) in [6, 6.07) is 10.8. The van der Waals surface area contributed by atoms with Crippen molar-refractivity contribution in [1.82, 2.24) is 9.88 Å². The highest BCUT2D eigenvalue weighted by atomic mass is 16.5. The summed E-state index contributed by atoms with van der Waals surface area (Å²) in [5.74, 6) is 0. The third-order valence-electron chi connectivity index (χ3n) is 3.42. The molecule has 0 saturated carbocycles. The number of fused-ring (bicyclic) bond motifs is 1. The lowest BCUT2D eigenvalue weighted by atomic mass is 10.2. The molecule has 0 amide bonds. The summed E-state index contributed by atoms with van der Waals surface area (Å²) in [4.78, 5) is 0. The number of ether oxygens (including phenoxy) is 2. The number of nitrogens with one attached hydrogen (secondary N) is 1. The fourth-order valence-corrected chi connectivity index (χ4v) is 2.44. The average Bonchev–Trinajstić information content (AvgIpc) is 2.82. The van der Waals surface area contributed by atoms with Crippen molar-refractivity contribution >= 4 is 10.9 Å². The zero-order valence-electron chi connectivity index (χ0n) is 12.4. The zero-order valence-corrected chi connectivity index (χ0v) is 12.4. The van der Waals surface area contributed by atoms with Gasteiger partial charge in [-0.1, -0.05) is 18.2 Å². The molecule has 0 atom stereocenters. The van der Waals surface area contributed by atoms with Gasteiger partial charge in [-0.05, 0) is 23.9 Å². The van der Waals surface area contributed by atoms with Gasteiger partial charge in [0, 0.05) is 51.7 Å². The number of hydrogen-bond donors (Lipinski definition) is 1. The molecular formula is C16H24N2O2. The van der Waals surface area contributed by atoms with E-state index in [1.165, 1.54) is 16.6 Å². The highest BCUT2D eigenvalue weighted by molar-refractivity contribution is 5.81. The van der Waals surface area contributed by atoms with Crippen molar-refractivity contribution in [1.29, 1.82) is 0 Å². The minimum absolute atomic E-state index is 0.740. The van der Waals surface area contributed by atoms with Crippen molar-refractivity contribution in [2.24, 2.45) is 0 Å². The molecule has 0 fully saturated rings. The van der Waals surface area contributed by atoms with Crippen molar-refractivity contribution in [3.05, 3.63) is 36.0 Å². The molecule has 110 valence electrons. The summed E-state index contributed by atoms with van der Waals surface area (Å²) in [7, 11) is 3.48. The quantitative estimate of drug-likeness (QED) is 0.714. The van der Waals surface area contributed by atoms with E-state index in [1.807, 2.05) is 0 Å². The van der Waals surface area contributed by atoms with E-state index < -0.39 is 0 Å². The molecule has 0 aliphatic carbocycles. The first-order valence-electron chi connectivity index (χ1n) is 7.12. The van der Waals surface area contributed by atoms with Gasteiger partial charge in [-0.25, -0.2) is 0 Å². The van der Waals surface area contributed by atoms with E-state index in [1.54, 1.807) is 14.2 Å². The monoisotopic (exact) mass is 276 g/mol. The van der Waals surface area contributed by atoms with Gasteiger partial charge in [-0.2, -0.15) is 0 Å². The first-order valence-corrected chi connectivity index (χ1v) is 7.12. The van der Waals surface area contributed by atoms with Gasteiger partial charge < -0.3 is 19.4 Å². The van der Waals surface area contributed by atoms with Crippen LogP contribution < -0.4 is 5.32 Å². The number of nitrogens with zero attached hydrogens (tertiary/aromatic N) is 1. The Labute approximate surface area is 120 Å². The van der Waals surface area contributed by atoms with Gasteiger partial charge in [0.2, 0.25) is 0 Å². The van der Waals surface area contributed by atoms with E-state index in [4.69, 9.17) is 9.47 Å². The maximum Gasteiger partial charge on any atom is 0.0587 e. The molecule has 0 saturated heterocycles. The summed E-state index contributed by atoms with van der Waals surface area (Å²) in [6.07, 6.45) is 1.03. The molecule has 2 rings (SSSR count). The predicted octanol–water partition coefficient (Wildman–Crippen LogP) is 2.41. The maximum atomic E-state index is 5.16. The number of methoxy groups -OCH3 is 2. The predicted molar refractivity (Wildman–Crippen MR) is 82.0 cm³/mol. The fraction of sp³-hybridized carbons (Fsp3) is 0.500. The molecule has 20 heavy (non-hydrogen) atoms. The molecule has 1 aromatic heterocycles. The number of para-hydroxylation sites is 1. The Bertz CT molecular complexity index is 522. The summed E-state index contributed by atoms with van der Waals surface area (Å²) in [5.41, 5.74) is 2.62. The Balaban J connectivity index is 2.11. The third-order valence-corrected chi connectivity index (χ3v) is 3.42. The van der Waals surface area contributed by atoms with Gasteiger partial charge in [0.25, 0.3) is 0 Å². The molecule has 0 radical (unpaired) electrons. The van der Waals surface area contributed by atoms with E-state index in [2.05, 4.69) is 40.2 Å². The third kappa shape index (κ3) is 3.82. The molecule has 0 spiro atoms. The molecule has 4 heteroatoms. The second-order valence-electron chi connectivity index (χ2n) is 4.86. The Kier molecular flexibility index (Phi) is 6.05. The number of rotatable bonds is 9. The molecule has 1 N–H and O–H groups in total. The van der Waals surface area contributed by atoms with E-state index >= 15 is 0 Å². The lowest BCUT2D eigenvalue weighted by Gasteiger charge is -2.11. The largest absolute Gasteiger partial charge is 0.385 e. The Morgan fingerprint density at radius 1 is 1.10 bits per heavy atom. The summed E-state index contributed by atoms with van der Waals surface area (Å²) in [5, 5.41) is 4.72. The summed E-state index contributed by atoms with van der Waals surface area (Å²) >= 11 is 0. The first-order chi connectivity index (χ1) is 9.86. The molecule has 0 unspecified atom stereocenters. The van der Waals surface area contributed by atoms with Crippen molar-refractivity contribution < 1.29 is 9.47 Å². The van der Waals surface area contributed by atoms with E-state index in [9.17, 15) is 0 Å². The van der Waals surface area contributed by atoms with Crippen molar-refractivity contribution in [2.45, 2.75) is 19.5 Å². The van der Waals surface area contributed by atoms with Crippen LogP contribution in [0.3, 0.4) is 0 Å². The Hall–Kier alpha value is -1.36. The molecule has 4 nitrogen and oxygen atoms in total. The van der Waals surface area contributed by atoms with Crippen LogP contribution in [0.15, 0.2) is 30.3 Å². The number of aryl methyl sites for hydroxylation is 1. The van der Waals surface area contributed by atoms with Crippen molar-refractivity contribution in [3.63, 3.8) is 0 Å². The van der Waals surface area contributed by atoms with Crippen LogP contribution in [0, 0.1) is 0 Å². The van der Waals surface area contributed by atoms with Gasteiger partial charge in [-0.3, -0.25) is 0 Å². The number of aromatic nitrogens is 1. The summed E-state index contributed by atoms with van der Waals surface area (Å²) in [6.45, 7) is 4.26. The van der Waals surface area contributed by atoms with Crippen LogP contribution in [0.2, 0.25) is 0 Å². The standard InChI is InChI=1S/C16H24N2O2/c1-19-10-5-9-18-15(13-17-8-11-20-2)12-14-6-3-4-7-16(14)18/h3-4,6-7,12,17H,5,8-11,13H2,1-2H3. The topological polar surface area (TPSA) is 35.4 Å². The smallest absolute Gasteiger partial charge is 0.0587 e. The normalized spacial score (nSPS) is 11.3. The van der Waals surface area contributed by atoms with Crippen molar-refractivity contribution in [2.75, 3.05) is 34.0 Å².